The van der Waals surface area contributed by atoms with E-state index in [9.17, 15) is 5.26 Å². The molecule has 1 saturated heterocycles. The van der Waals surface area contributed by atoms with Crippen molar-refractivity contribution in [3.63, 3.8) is 0 Å². The Bertz CT molecular complexity index is 1720. The molecule has 1 fully saturated rings. The second kappa shape index (κ2) is 14.1. The fraction of sp³-hybridized carbons (Fsp3) is 0.333. The summed E-state index contributed by atoms with van der Waals surface area (Å²) in [4.78, 5) is 6.47. The van der Waals surface area contributed by atoms with Crippen molar-refractivity contribution in [3.05, 3.63) is 105 Å². The number of pyridine rings is 1. The van der Waals surface area contributed by atoms with Gasteiger partial charge in [-0.2, -0.15) is 5.26 Å². The molecule has 0 bridgehead atoms. The Morgan fingerprint density at radius 3 is 2.64 bits per heavy atom. The second-order valence-corrected chi connectivity index (χ2v) is 12.6. The summed E-state index contributed by atoms with van der Waals surface area (Å²) in [5.41, 5.74) is 6.62. The molecule has 1 aliphatic heterocycles. The van der Waals surface area contributed by atoms with E-state index in [2.05, 4.69) is 52.6 Å². The van der Waals surface area contributed by atoms with Crippen molar-refractivity contribution in [2.24, 2.45) is 5.92 Å². The van der Waals surface area contributed by atoms with Crippen LogP contribution in [0.25, 0.3) is 11.1 Å². The van der Waals surface area contributed by atoms with Crippen LogP contribution in [0.1, 0.15) is 46.8 Å². The van der Waals surface area contributed by atoms with E-state index in [4.69, 9.17) is 37.4 Å². The van der Waals surface area contributed by atoms with E-state index in [1.165, 1.54) is 11.8 Å². The number of fused-ring (bicyclic) bond motifs is 1. The Hall–Kier alpha value is -3.80. The van der Waals surface area contributed by atoms with Crippen molar-refractivity contribution in [2.45, 2.75) is 38.5 Å². The first-order valence-corrected chi connectivity index (χ1v) is 16.0. The Kier molecular flexibility index (Phi) is 9.77. The lowest BCUT2D eigenvalue weighted by molar-refractivity contribution is 0.206. The molecule has 2 heterocycles. The monoisotopic (exact) mass is 642 g/mol. The SMILES string of the molecule is CNCc1cc(Cl)c(O[C@H]2CCc3c(-c4cccc(OCC5CCN(C)C5)c4Cl)cccc32)cc1OCc1cncc(C#N)c1. The minimum absolute atomic E-state index is 0.172. The number of nitriles is 1. The molecule has 2 atom stereocenters. The lowest BCUT2D eigenvalue weighted by Gasteiger charge is -2.20. The third kappa shape index (κ3) is 7.05. The fourth-order valence-electron chi connectivity index (χ4n) is 6.26. The number of rotatable bonds is 11. The third-order valence-corrected chi connectivity index (χ3v) is 9.19. The van der Waals surface area contributed by atoms with Gasteiger partial charge < -0.3 is 24.4 Å². The molecule has 232 valence electrons. The Morgan fingerprint density at radius 2 is 1.84 bits per heavy atom. The van der Waals surface area contributed by atoms with Crippen molar-refractivity contribution >= 4 is 23.2 Å². The van der Waals surface area contributed by atoms with Gasteiger partial charge in [0.2, 0.25) is 0 Å². The molecule has 1 N–H and O–H groups in total. The molecule has 0 radical (unpaired) electrons. The maximum atomic E-state index is 9.22. The number of nitrogens with zero attached hydrogens (tertiary/aromatic N) is 3. The summed E-state index contributed by atoms with van der Waals surface area (Å²) < 4.78 is 19.0. The van der Waals surface area contributed by atoms with E-state index in [0.29, 0.717) is 46.2 Å². The smallest absolute Gasteiger partial charge is 0.142 e. The minimum Gasteiger partial charge on any atom is -0.492 e. The predicted octanol–water partition coefficient (Wildman–Crippen LogP) is 7.62. The molecular weight excluding hydrogens is 607 g/mol. The normalized spacial score (nSPS) is 17.6. The van der Waals surface area contributed by atoms with Gasteiger partial charge in [-0.1, -0.05) is 53.5 Å². The van der Waals surface area contributed by atoms with Gasteiger partial charge >= 0.3 is 0 Å². The summed E-state index contributed by atoms with van der Waals surface area (Å²) >= 11 is 13.7. The van der Waals surface area contributed by atoms with E-state index < -0.39 is 0 Å². The Balaban J connectivity index is 1.22. The van der Waals surface area contributed by atoms with Gasteiger partial charge in [-0.3, -0.25) is 4.98 Å². The van der Waals surface area contributed by atoms with Gasteiger partial charge in [0.05, 0.1) is 22.2 Å². The number of benzene rings is 3. The molecule has 0 spiro atoms. The molecule has 1 unspecified atom stereocenters. The minimum atomic E-state index is -0.172. The van der Waals surface area contributed by atoms with Crippen LogP contribution in [-0.4, -0.2) is 43.7 Å². The first-order chi connectivity index (χ1) is 21.9. The second-order valence-electron chi connectivity index (χ2n) is 11.8. The van der Waals surface area contributed by atoms with Crippen LogP contribution in [0.4, 0.5) is 0 Å². The lowest BCUT2D eigenvalue weighted by Crippen LogP contribution is -2.18. The first-order valence-electron chi connectivity index (χ1n) is 15.3. The van der Waals surface area contributed by atoms with Gasteiger partial charge in [-0.15, -0.1) is 0 Å². The molecule has 3 aromatic carbocycles. The topological polar surface area (TPSA) is 79.6 Å². The largest absolute Gasteiger partial charge is 0.492 e. The predicted molar refractivity (Wildman–Crippen MR) is 177 cm³/mol. The molecule has 1 aliphatic carbocycles. The first kappa shape index (κ1) is 31.2. The van der Waals surface area contributed by atoms with E-state index >= 15 is 0 Å². The number of hydrogen-bond acceptors (Lipinski definition) is 7. The van der Waals surface area contributed by atoms with Crippen molar-refractivity contribution in [2.75, 3.05) is 33.8 Å². The maximum Gasteiger partial charge on any atom is 0.142 e. The number of ether oxygens (including phenoxy) is 3. The summed E-state index contributed by atoms with van der Waals surface area (Å²) in [5.74, 6) is 2.46. The lowest BCUT2D eigenvalue weighted by atomic mass is 9.96. The van der Waals surface area contributed by atoms with E-state index in [-0.39, 0.29) is 12.7 Å². The average Bonchev–Trinajstić information content (AvgIpc) is 3.67. The van der Waals surface area contributed by atoms with Crippen LogP contribution in [0.2, 0.25) is 10.0 Å². The van der Waals surface area contributed by atoms with Gasteiger partial charge in [-0.05, 0) is 74.8 Å². The molecule has 45 heavy (non-hydrogen) atoms. The number of likely N-dealkylation sites (tertiary alicyclic amines) is 1. The Labute approximate surface area is 274 Å². The molecule has 9 heteroatoms. The van der Waals surface area contributed by atoms with Gasteiger partial charge in [0, 0.05) is 54.2 Å². The molecule has 0 amide bonds. The van der Waals surface area contributed by atoms with Crippen molar-refractivity contribution in [1.29, 1.82) is 5.26 Å². The summed E-state index contributed by atoms with van der Waals surface area (Å²) in [6.07, 6.45) is 5.87. The number of halogens is 2. The number of hydrogen-bond donors (Lipinski definition) is 1. The number of aromatic nitrogens is 1. The van der Waals surface area contributed by atoms with Crippen LogP contribution in [0.3, 0.4) is 0 Å². The van der Waals surface area contributed by atoms with Crippen molar-refractivity contribution in [3.8, 4) is 34.4 Å². The molecule has 1 aromatic heterocycles. The molecule has 0 saturated carbocycles. The van der Waals surface area contributed by atoms with Crippen molar-refractivity contribution < 1.29 is 14.2 Å². The zero-order valence-corrected chi connectivity index (χ0v) is 27.0. The standard InChI is InChI=1S/C36H36Cl2N4O3/c1-40-19-26-14-31(37)35(15-34(26)44-22-25-13-24(16-39)17-41-18-25)45-32-10-9-28-27(5-3-6-29(28)32)30-7-4-8-33(36(30)38)43-21-23-11-12-42(2)20-23/h3-8,13-15,17-18,23,32,40H,9-12,19-22H2,1-2H3/t23?,32-/m0/s1. The fourth-order valence-corrected chi connectivity index (χ4v) is 6.78. The number of nitrogens with one attached hydrogen (secondary N) is 1. The quantitative estimate of drug-likeness (QED) is 0.180. The van der Waals surface area contributed by atoms with E-state index in [1.807, 2.05) is 31.3 Å². The average molecular weight is 644 g/mol. The maximum absolute atomic E-state index is 9.22. The third-order valence-electron chi connectivity index (χ3n) is 8.50. The van der Waals surface area contributed by atoms with Crippen LogP contribution >= 0.6 is 23.2 Å². The summed E-state index contributed by atoms with van der Waals surface area (Å²) in [7, 11) is 4.02. The summed E-state index contributed by atoms with van der Waals surface area (Å²) in [5, 5.41) is 13.6. The van der Waals surface area contributed by atoms with Gasteiger partial charge in [0.15, 0.2) is 0 Å². The molecule has 6 rings (SSSR count). The molecule has 4 aromatic rings. The van der Waals surface area contributed by atoms with Crippen LogP contribution in [0, 0.1) is 17.2 Å². The van der Waals surface area contributed by atoms with Crippen molar-refractivity contribution in [1.82, 2.24) is 15.2 Å². The highest BCUT2D eigenvalue weighted by Crippen LogP contribution is 2.45. The highest BCUT2D eigenvalue weighted by atomic mass is 35.5. The molecule has 2 aliphatic rings. The zero-order valence-electron chi connectivity index (χ0n) is 25.5. The highest BCUT2D eigenvalue weighted by molar-refractivity contribution is 6.35. The zero-order chi connectivity index (χ0) is 31.3. The van der Waals surface area contributed by atoms with Crippen LogP contribution in [0.5, 0.6) is 17.2 Å². The molecular formula is C36H36Cl2N4O3. The van der Waals surface area contributed by atoms with Crippen LogP contribution < -0.4 is 19.5 Å². The summed E-state index contributed by atoms with van der Waals surface area (Å²) in [6, 6.07) is 20.0. The van der Waals surface area contributed by atoms with E-state index in [0.717, 1.165) is 65.9 Å². The van der Waals surface area contributed by atoms with E-state index in [1.54, 1.807) is 12.3 Å². The summed E-state index contributed by atoms with van der Waals surface area (Å²) in [6.45, 7) is 3.66. The van der Waals surface area contributed by atoms with Gasteiger partial charge in [0.1, 0.15) is 36.0 Å². The van der Waals surface area contributed by atoms with Crippen LogP contribution in [0.15, 0.2) is 67.0 Å². The van der Waals surface area contributed by atoms with Gasteiger partial charge in [0.25, 0.3) is 0 Å². The van der Waals surface area contributed by atoms with Gasteiger partial charge in [-0.25, -0.2) is 0 Å². The van der Waals surface area contributed by atoms with Crippen LogP contribution in [-0.2, 0) is 19.6 Å². The molecule has 7 nitrogen and oxygen atoms in total. The highest BCUT2D eigenvalue weighted by Gasteiger charge is 2.29. The Morgan fingerprint density at radius 1 is 1.00 bits per heavy atom.